The number of nitrogens with zero attached hydrogens (tertiary/aromatic N) is 2. The maximum absolute atomic E-state index is 11.6. The summed E-state index contributed by atoms with van der Waals surface area (Å²) in [6, 6.07) is -0.716. The van der Waals surface area contributed by atoms with Crippen molar-refractivity contribution in [3.63, 3.8) is 0 Å². The molecule has 88 valence electrons. The second kappa shape index (κ2) is 5.26. The van der Waals surface area contributed by atoms with E-state index in [4.69, 9.17) is 11.5 Å². The van der Waals surface area contributed by atoms with E-state index in [0.29, 0.717) is 13.1 Å². The van der Waals surface area contributed by atoms with Crippen LogP contribution in [0.4, 0.5) is 0 Å². The highest BCUT2D eigenvalue weighted by Crippen LogP contribution is 1.96. The van der Waals surface area contributed by atoms with Crippen LogP contribution in [-0.2, 0) is 11.3 Å². The Kier molecular flexibility index (Phi) is 4.01. The molecule has 7 nitrogen and oxygen atoms in total. The summed E-state index contributed by atoms with van der Waals surface area (Å²) in [7, 11) is 0. The van der Waals surface area contributed by atoms with Gasteiger partial charge in [-0.15, -0.1) is 0 Å². The molecule has 0 fully saturated rings. The van der Waals surface area contributed by atoms with Crippen molar-refractivity contribution >= 4 is 11.8 Å². The zero-order valence-electron chi connectivity index (χ0n) is 9.01. The molecule has 0 aliphatic carbocycles. The number of carbonyl (C=O) groups is 2. The number of nitrogens with two attached hydrogens (primary N) is 2. The fraction of sp³-hybridized carbons (Fsp3) is 0.444. The second-order valence-electron chi connectivity index (χ2n) is 3.38. The van der Waals surface area contributed by atoms with Crippen molar-refractivity contribution in [1.29, 1.82) is 0 Å². The number of amides is 2. The van der Waals surface area contributed by atoms with Crippen molar-refractivity contribution < 1.29 is 9.59 Å². The molecule has 0 aliphatic heterocycles. The van der Waals surface area contributed by atoms with Gasteiger partial charge in [-0.25, -0.2) is 4.98 Å². The molecule has 1 unspecified atom stereocenters. The molecule has 7 heteroatoms. The van der Waals surface area contributed by atoms with Crippen molar-refractivity contribution in [2.45, 2.75) is 19.5 Å². The zero-order valence-corrected chi connectivity index (χ0v) is 9.01. The van der Waals surface area contributed by atoms with Gasteiger partial charge in [0.05, 0.1) is 6.33 Å². The molecule has 1 aromatic heterocycles. The van der Waals surface area contributed by atoms with Crippen molar-refractivity contribution in [2.75, 3.05) is 6.54 Å². The molecular weight excluding hydrogens is 210 g/mol. The van der Waals surface area contributed by atoms with Gasteiger partial charge in [0.15, 0.2) is 0 Å². The average molecular weight is 225 g/mol. The van der Waals surface area contributed by atoms with Gasteiger partial charge in [0.1, 0.15) is 11.7 Å². The molecule has 1 atom stereocenters. The topological polar surface area (TPSA) is 116 Å². The van der Waals surface area contributed by atoms with Crippen LogP contribution in [0.15, 0.2) is 12.5 Å². The van der Waals surface area contributed by atoms with Crippen LogP contribution in [0.25, 0.3) is 0 Å². The van der Waals surface area contributed by atoms with E-state index in [-0.39, 0.29) is 5.69 Å². The molecule has 0 aromatic carbocycles. The lowest BCUT2D eigenvalue weighted by molar-refractivity contribution is -0.119. The average Bonchev–Trinajstić information content (AvgIpc) is 2.66. The number of primary amides is 1. The molecule has 0 bridgehead atoms. The number of hydrogen-bond donors (Lipinski definition) is 3. The van der Waals surface area contributed by atoms with E-state index in [1.165, 1.54) is 13.3 Å². The zero-order chi connectivity index (χ0) is 12.1. The largest absolute Gasteiger partial charge is 0.368 e. The number of carbonyl (C=O) groups excluding carboxylic acids is 2. The highest BCUT2D eigenvalue weighted by atomic mass is 16.2. The smallest absolute Gasteiger partial charge is 0.272 e. The van der Waals surface area contributed by atoms with E-state index in [1.54, 1.807) is 10.8 Å². The highest BCUT2D eigenvalue weighted by Gasteiger charge is 2.15. The number of nitrogens with one attached hydrogen (secondary N) is 1. The first-order valence-corrected chi connectivity index (χ1v) is 4.86. The lowest BCUT2D eigenvalue weighted by atomic mass is 10.3. The first kappa shape index (κ1) is 12.2. The standard InChI is InChI=1S/C9H15N5O2/c1-6(8(11)15)13-9(16)7-4-14(3-2-10)5-12-7/h4-6H,2-3,10H2,1H3,(H2,11,15)(H,13,16). The van der Waals surface area contributed by atoms with Crippen LogP contribution in [0, 0.1) is 0 Å². The Labute approximate surface area is 92.8 Å². The molecule has 16 heavy (non-hydrogen) atoms. The third-order valence-corrected chi connectivity index (χ3v) is 2.03. The van der Waals surface area contributed by atoms with E-state index in [1.807, 2.05) is 0 Å². The van der Waals surface area contributed by atoms with E-state index in [0.717, 1.165) is 0 Å². The summed E-state index contributed by atoms with van der Waals surface area (Å²) in [5.41, 5.74) is 10.6. The molecule has 0 saturated heterocycles. The summed E-state index contributed by atoms with van der Waals surface area (Å²) in [6.45, 7) is 2.57. The van der Waals surface area contributed by atoms with Crippen LogP contribution in [-0.4, -0.2) is 34.0 Å². The number of imidazole rings is 1. The van der Waals surface area contributed by atoms with Crippen LogP contribution in [0.1, 0.15) is 17.4 Å². The van der Waals surface area contributed by atoms with Gasteiger partial charge in [0.2, 0.25) is 5.91 Å². The lowest BCUT2D eigenvalue weighted by Gasteiger charge is -2.07. The van der Waals surface area contributed by atoms with E-state index >= 15 is 0 Å². The summed E-state index contributed by atoms with van der Waals surface area (Å²) in [6.07, 6.45) is 3.08. The van der Waals surface area contributed by atoms with Gasteiger partial charge in [0.25, 0.3) is 5.91 Å². The van der Waals surface area contributed by atoms with Crippen LogP contribution in [0.2, 0.25) is 0 Å². The molecular formula is C9H15N5O2. The van der Waals surface area contributed by atoms with Crippen LogP contribution < -0.4 is 16.8 Å². The summed E-state index contributed by atoms with van der Waals surface area (Å²) in [5, 5.41) is 2.43. The second-order valence-corrected chi connectivity index (χ2v) is 3.38. The fourth-order valence-corrected chi connectivity index (χ4v) is 1.09. The van der Waals surface area contributed by atoms with Crippen molar-refractivity contribution in [1.82, 2.24) is 14.9 Å². The molecule has 0 spiro atoms. The third-order valence-electron chi connectivity index (χ3n) is 2.03. The molecule has 2 amide bonds. The van der Waals surface area contributed by atoms with Gasteiger partial charge in [-0.3, -0.25) is 9.59 Å². The predicted molar refractivity (Wildman–Crippen MR) is 57.4 cm³/mol. The van der Waals surface area contributed by atoms with Crippen LogP contribution in [0.5, 0.6) is 0 Å². The minimum absolute atomic E-state index is 0.238. The van der Waals surface area contributed by atoms with Crippen molar-refractivity contribution in [3.05, 3.63) is 18.2 Å². The summed E-state index contributed by atoms with van der Waals surface area (Å²) in [4.78, 5) is 26.2. The van der Waals surface area contributed by atoms with Gasteiger partial charge < -0.3 is 21.4 Å². The van der Waals surface area contributed by atoms with Crippen molar-refractivity contribution in [2.24, 2.45) is 11.5 Å². The Hall–Kier alpha value is -1.89. The summed E-state index contributed by atoms with van der Waals surface area (Å²) < 4.78 is 1.70. The van der Waals surface area contributed by atoms with E-state index in [2.05, 4.69) is 10.3 Å². The predicted octanol–water partition coefficient (Wildman–Crippen LogP) is -1.55. The third kappa shape index (κ3) is 3.06. The molecule has 1 rings (SSSR count). The Morgan fingerprint density at radius 3 is 2.88 bits per heavy atom. The first-order valence-electron chi connectivity index (χ1n) is 4.86. The molecule has 1 aromatic rings. The van der Waals surface area contributed by atoms with Gasteiger partial charge in [0, 0.05) is 19.3 Å². The van der Waals surface area contributed by atoms with Gasteiger partial charge in [-0.05, 0) is 6.92 Å². The minimum atomic E-state index is -0.716. The molecule has 0 radical (unpaired) electrons. The number of hydrogen-bond acceptors (Lipinski definition) is 4. The monoisotopic (exact) mass is 225 g/mol. The Morgan fingerprint density at radius 2 is 2.31 bits per heavy atom. The Balaban J connectivity index is 2.62. The SMILES string of the molecule is CC(NC(=O)c1cn(CCN)cn1)C(N)=O. The Morgan fingerprint density at radius 1 is 1.62 bits per heavy atom. The van der Waals surface area contributed by atoms with Gasteiger partial charge >= 0.3 is 0 Å². The molecule has 5 N–H and O–H groups in total. The quantitative estimate of drug-likeness (QED) is 0.562. The summed E-state index contributed by atoms with van der Waals surface area (Å²) in [5.74, 6) is -1.02. The normalized spacial score (nSPS) is 12.1. The maximum Gasteiger partial charge on any atom is 0.272 e. The van der Waals surface area contributed by atoms with E-state index < -0.39 is 17.9 Å². The minimum Gasteiger partial charge on any atom is -0.368 e. The molecule has 0 saturated carbocycles. The number of rotatable bonds is 5. The van der Waals surface area contributed by atoms with Gasteiger partial charge in [-0.2, -0.15) is 0 Å². The molecule has 1 heterocycles. The maximum atomic E-state index is 11.6. The summed E-state index contributed by atoms with van der Waals surface area (Å²) >= 11 is 0. The fourth-order valence-electron chi connectivity index (χ4n) is 1.09. The van der Waals surface area contributed by atoms with Crippen molar-refractivity contribution in [3.8, 4) is 0 Å². The first-order chi connectivity index (χ1) is 7.54. The van der Waals surface area contributed by atoms with E-state index in [9.17, 15) is 9.59 Å². The van der Waals surface area contributed by atoms with Crippen LogP contribution in [0.3, 0.4) is 0 Å². The lowest BCUT2D eigenvalue weighted by Crippen LogP contribution is -2.42. The van der Waals surface area contributed by atoms with Crippen LogP contribution >= 0.6 is 0 Å². The van der Waals surface area contributed by atoms with Gasteiger partial charge in [-0.1, -0.05) is 0 Å². The molecule has 0 aliphatic rings. The number of aromatic nitrogens is 2. The Bertz CT molecular complexity index is 387. The highest BCUT2D eigenvalue weighted by molar-refractivity contribution is 5.95.